The number of piperidine rings is 1. The van der Waals surface area contributed by atoms with Gasteiger partial charge in [-0.05, 0) is 31.9 Å². The smallest absolute Gasteiger partial charge is 0.218 e. The molecular weight excluding hydrogens is 304 g/mol. The summed E-state index contributed by atoms with van der Waals surface area (Å²) in [5, 5.41) is 12.3. The maximum Gasteiger partial charge on any atom is 0.218 e. The van der Waals surface area contributed by atoms with Crippen LogP contribution in [0.5, 0.6) is 5.88 Å². The monoisotopic (exact) mass is 324 g/mol. The normalized spacial score (nSPS) is 14.9. The molecule has 0 aliphatic carbocycles. The molecule has 0 atom stereocenters. The highest BCUT2D eigenvalue weighted by Crippen LogP contribution is 2.22. The maximum atomic E-state index is 8.81. The SMILES string of the molecule is CCOc1cc(NC2CCN(c3ccc(C#N)nc3)CC2)ncn1. The molecule has 2 aromatic rings. The molecule has 1 saturated heterocycles. The third-order valence-corrected chi connectivity index (χ3v) is 4.01. The molecule has 0 aromatic carbocycles. The van der Waals surface area contributed by atoms with E-state index in [2.05, 4.69) is 25.2 Å². The van der Waals surface area contributed by atoms with Crippen LogP contribution in [-0.4, -0.2) is 40.7 Å². The average molecular weight is 324 g/mol. The van der Waals surface area contributed by atoms with Crippen molar-refractivity contribution in [2.45, 2.75) is 25.8 Å². The van der Waals surface area contributed by atoms with Gasteiger partial charge in [0.1, 0.15) is 23.9 Å². The van der Waals surface area contributed by atoms with Crippen molar-refractivity contribution in [1.82, 2.24) is 15.0 Å². The van der Waals surface area contributed by atoms with Gasteiger partial charge in [-0.2, -0.15) is 5.26 Å². The molecule has 3 heterocycles. The van der Waals surface area contributed by atoms with Gasteiger partial charge >= 0.3 is 0 Å². The van der Waals surface area contributed by atoms with Crippen molar-refractivity contribution in [3.05, 3.63) is 36.4 Å². The lowest BCUT2D eigenvalue weighted by Crippen LogP contribution is -2.39. The number of rotatable bonds is 5. The van der Waals surface area contributed by atoms with Crippen LogP contribution in [0.3, 0.4) is 0 Å². The number of pyridine rings is 1. The Labute approximate surface area is 141 Å². The number of nitrogens with zero attached hydrogens (tertiary/aromatic N) is 5. The first kappa shape index (κ1) is 16.0. The third-order valence-electron chi connectivity index (χ3n) is 4.01. The Hall–Kier alpha value is -2.88. The second kappa shape index (κ2) is 7.59. The summed E-state index contributed by atoms with van der Waals surface area (Å²) in [5.74, 6) is 1.39. The largest absolute Gasteiger partial charge is 0.478 e. The molecule has 0 spiro atoms. The highest BCUT2D eigenvalue weighted by atomic mass is 16.5. The molecule has 0 amide bonds. The molecule has 0 radical (unpaired) electrons. The Balaban J connectivity index is 1.55. The van der Waals surface area contributed by atoms with Gasteiger partial charge in [-0.15, -0.1) is 0 Å². The molecular formula is C17H20N6O. The van der Waals surface area contributed by atoms with E-state index < -0.39 is 0 Å². The molecule has 1 aliphatic heterocycles. The predicted molar refractivity (Wildman–Crippen MR) is 91.0 cm³/mol. The molecule has 0 unspecified atom stereocenters. The number of hydrogen-bond acceptors (Lipinski definition) is 7. The summed E-state index contributed by atoms with van der Waals surface area (Å²) < 4.78 is 5.40. The van der Waals surface area contributed by atoms with Gasteiger partial charge in [-0.25, -0.2) is 15.0 Å². The molecule has 1 aliphatic rings. The zero-order chi connectivity index (χ0) is 16.8. The minimum atomic E-state index is 0.372. The lowest BCUT2D eigenvalue weighted by atomic mass is 10.0. The summed E-state index contributed by atoms with van der Waals surface area (Å²) in [6.45, 7) is 4.40. The minimum Gasteiger partial charge on any atom is -0.478 e. The fourth-order valence-electron chi connectivity index (χ4n) is 2.78. The molecule has 3 rings (SSSR count). The van der Waals surface area contributed by atoms with Crippen LogP contribution in [0.25, 0.3) is 0 Å². The van der Waals surface area contributed by atoms with E-state index in [4.69, 9.17) is 10.00 Å². The van der Waals surface area contributed by atoms with E-state index in [1.807, 2.05) is 25.1 Å². The maximum absolute atomic E-state index is 8.81. The van der Waals surface area contributed by atoms with Crippen molar-refractivity contribution in [3.8, 4) is 11.9 Å². The summed E-state index contributed by atoms with van der Waals surface area (Å²) in [4.78, 5) is 14.8. The first-order valence-electron chi connectivity index (χ1n) is 8.11. The van der Waals surface area contributed by atoms with Crippen LogP contribution in [0, 0.1) is 11.3 Å². The molecule has 124 valence electrons. The number of ether oxygens (including phenoxy) is 1. The Kier molecular flexibility index (Phi) is 5.06. The van der Waals surface area contributed by atoms with Gasteiger partial charge in [0.15, 0.2) is 0 Å². The van der Waals surface area contributed by atoms with E-state index >= 15 is 0 Å². The van der Waals surface area contributed by atoms with Crippen molar-refractivity contribution in [1.29, 1.82) is 5.26 Å². The van der Waals surface area contributed by atoms with Gasteiger partial charge in [0, 0.05) is 25.2 Å². The van der Waals surface area contributed by atoms with E-state index in [1.54, 1.807) is 12.3 Å². The summed E-state index contributed by atoms with van der Waals surface area (Å²) in [5.41, 5.74) is 1.51. The Bertz CT molecular complexity index is 704. The van der Waals surface area contributed by atoms with Crippen molar-refractivity contribution >= 4 is 11.5 Å². The number of hydrogen-bond donors (Lipinski definition) is 1. The molecule has 0 saturated carbocycles. The first-order chi connectivity index (χ1) is 11.8. The molecule has 0 bridgehead atoms. The van der Waals surface area contributed by atoms with Crippen molar-refractivity contribution in [2.75, 3.05) is 29.9 Å². The highest BCUT2D eigenvalue weighted by molar-refractivity contribution is 5.47. The lowest BCUT2D eigenvalue weighted by molar-refractivity contribution is 0.326. The number of aromatic nitrogens is 3. The van der Waals surface area contributed by atoms with Gasteiger partial charge in [0.25, 0.3) is 0 Å². The van der Waals surface area contributed by atoms with Gasteiger partial charge in [0.05, 0.1) is 18.5 Å². The van der Waals surface area contributed by atoms with Crippen LogP contribution in [0.4, 0.5) is 11.5 Å². The number of anilines is 2. The Morgan fingerprint density at radius 3 is 2.79 bits per heavy atom. The van der Waals surface area contributed by atoms with Gasteiger partial charge < -0.3 is 15.0 Å². The summed E-state index contributed by atoms with van der Waals surface area (Å²) in [6, 6.07) is 7.97. The summed E-state index contributed by atoms with van der Waals surface area (Å²) in [7, 11) is 0. The fraction of sp³-hybridized carbons (Fsp3) is 0.412. The van der Waals surface area contributed by atoms with Gasteiger partial charge in [0.2, 0.25) is 5.88 Å². The zero-order valence-electron chi connectivity index (χ0n) is 13.6. The quantitative estimate of drug-likeness (QED) is 0.902. The first-order valence-corrected chi connectivity index (χ1v) is 8.11. The molecule has 7 nitrogen and oxygen atoms in total. The summed E-state index contributed by atoms with van der Waals surface area (Å²) >= 11 is 0. The third kappa shape index (κ3) is 3.90. The van der Waals surface area contributed by atoms with Crippen molar-refractivity contribution < 1.29 is 4.74 Å². The predicted octanol–water partition coefficient (Wildman–Crippen LogP) is 2.22. The van der Waals surface area contributed by atoms with Crippen LogP contribution < -0.4 is 15.0 Å². The lowest BCUT2D eigenvalue weighted by Gasteiger charge is -2.34. The van der Waals surface area contributed by atoms with Crippen LogP contribution in [0.2, 0.25) is 0 Å². The van der Waals surface area contributed by atoms with Crippen LogP contribution in [0.15, 0.2) is 30.7 Å². The van der Waals surface area contributed by atoms with Crippen molar-refractivity contribution in [2.24, 2.45) is 0 Å². The summed E-state index contributed by atoms with van der Waals surface area (Å²) in [6.07, 6.45) is 5.30. The highest BCUT2D eigenvalue weighted by Gasteiger charge is 2.20. The second-order valence-electron chi connectivity index (χ2n) is 5.59. The van der Waals surface area contributed by atoms with Crippen LogP contribution in [-0.2, 0) is 0 Å². The van der Waals surface area contributed by atoms with Crippen molar-refractivity contribution in [3.63, 3.8) is 0 Å². The van der Waals surface area contributed by atoms with Gasteiger partial charge in [-0.1, -0.05) is 0 Å². The van der Waals surface area contributed by atoms with E-state index in [0.717, 1.165) is 37.4 Å². The minimum absolute atomic E-state index is 0.372. The van der Waals surface area contributed by atoms with E-state index in [0.29, 0.717) is 24.2 Å². The van der Waals surface area contributed by atoms with E-state index in [1.165, 1.54) is 6.33 Å². The molecule has 2 aromatic heterocycles. The van der Waals surface area contributed by atoms with E-state index in [-0.39, 0.29) is 0 Å². The second-order valence-corrected chi connectivity index (χ2v) is 5.59. The Morgan fingerprint density at radius 2 is 2.12 bits per heavy atom. The number of nitriles is 1. The number of nitrogens with one attached hydrogen (secondary N) is 1. The molecule has 24 heavy (non-hydrogen) atoms. The molecule has 1 fully saturated rings. The van der Waals surface area contributed by atoms with Crippen LogP contribution in [0.1, 0.15) is 25.5 Å². The van der Waals surface area contributed by atoms with Crippen LogP contribution >= 0.6 is 0 Å². The molecule has 7 heteroatoms. The van der Waals surface area contributed by atoms with Gasteiger partial charge in [-0.3, -0.25) is 0 Å². The Morgan fingerprint density at radius 1 is 1.29 bits per heavy atom. The average Bonchev–Trinajstić information content (AvgIpc) is 2.63. The standard InChI is InChI=1S/C17H20N6O/c1-2-24-17-9-16(20-12-21-17)22-13-5-7-23(8-6-13)15-4-3-14(10-18)19-11-15/h3-4,9,11-13H,2,5-8H2,1H3,(H,20,21,22). The van der Waals surface area contributed by atoms with E-state index in [9.17, 15) is 0 Å². The zero-order valence-corrected chi connectivity index (χ0v) is 13.6. The fourth-order valence-corrected chi connectivity index (χ4v) is 2.78. The topological polar surface area (TPSA) is 87.0 Å². The molecule has 1 N–H and O–H groups in total.